The molecule has 4 rings (SSSR count). The number of rotatable bonds is 4. The van der Waals surface area contributed by atoms with Gasteiger partial charge in [0.2, 0.25) is 0 Å². The Morgan fingerprint density at radius 3 is 2.52 bits per heavy atom. The first kappa shape index (κ1) is 18.9. The van der Waals surface area contributed by atoms with Gasteiger partial charge in [-0.3, -0.25) is 10.1 Å². The molecule has 1 aliphatic heterocycles. The lowest BCUT2D eigenvalue weighted by Crippen LogP contribution is -2.35. The second-order valence-electron chi connectivity index (χ2n) is 6.42. The van der Waals surface area contributed by atoms with Crippen LogP contribution < -0.4 is 10.1 Å². The average Bonchev–Trinajstić information content (AvgIpc) is 3.15. The summed E-state index contributed by atoms with van der Waals surface area (Å²) in [7, 11) is 1.30. The quantitative estimate of drug-likeness (QED) is 0.694. The first-order valence-corrected chi connectivity index (χ1v) is 9.90. The molecule has 2 amide bonds. The smallest absolute Gasteiger partial charge is 0.413 e. The lowest BCUT2D eigenvalue weighted by molar-refractivity contribution is 0.0736. The van der Waals surface area contributed by atoms with Crippen molar-refractivity contribution >= 4 is 28.5 Å². The van der Waals surface area contributed by atoms with Gasteiger partial charge in [-0.1, -0.05) is 29.5 Å². The molecule has 0 saturated heterocycles. The predicted molar refractivity (Wildman–Crippen MR) is 110 cm³/mol. The molecule has 3 aromatic rings. The molecule has 0 spiro atoms. The molecule has 0 aliphatic carbocycles. The summed E-state index contributed by atoms with van der Waals surface area (Å²) in [5.74, 6) is 1.38. The van der Waals surface area contributed by atoms with E-state index in [0.29, 0.717) is 36.0 Å². The molecule has 0 unspecified atom stereocenters. The molecule has 2 heterocycles. The number of aromatic nitrogens is 1. The van der Waals surface area contributed by atoms with Crippen LogP contribution >= 0.6 is 11.3 Å². The highest BCUT2D eigenvalue weighted by Crippen LogP contribution is 2.29. The van der Waals surface area contributed by atoms with E-state index in [-0.39, 0.29) is 5.91 Å². The maximum absolute atomic E-state index is 12.9. The molecular weight excluding hydrogens is 390 g/mol. The van der Waals surface area contributed by atoms with Crippen LogP contribution in [0.5, 0.6) is 11.5 Å². The van der Waals surface area contributed by atoms with Crippen LogP contribution in [0, 0.1) is 0 Å². The Morgan fingerprint density at radius 1 is 1.07 bits per heavy atom. The number of methoxy groups -OCH3 is 1. The van der Waals surface area contributed by atoms with Crippen molar-refractivity contribution in [2.24, 2.45) is 0 Å². The zero-order chi connectivity index (χ0) is 20.2. The van der Waals surface area contributed by atoms with Gasteiger partial charge in [0.1, 0.15) is 11.5 Å². The van der Waals surface area contributed by atoms with Gasteiger partial charge in [0.15, 0.2) is 5.13 Å². The van der Waals surface area contributed by atoms with E-state index in [1.807, 2.05) is 30.3 Å². The van der Waals surface area contributed by atoms with E-state index >= 15 is 0 Å². The number of hydrogen-bond acceptors (Lipinski definition) is 6. The van der Waals surface area contributed by atoms with Crippen LogP contribution in [0.25, 0.3) is 0 Å². The number of nitrogens with zero attached hydrogens (tertiary/aromatic N) is 2. The number of benzene rings is 2. The molecule has 7 nitrogen and oxygen atoms in total. The first-order valence-electron chi connectivity index (χ1n) is 9.08. The number of carbonyl (C=O) groups excluding carboxylic acids is 2. The molecule has 29 heavy (non-hydrogen) atoms. The standard InChI is InChI=1S/C21H19N3O4S/c1-27-21(26)23-20-22-17-11-12-24(13-18(17)29-20)19(25)14-7-9-16(10-8-14)28-15-5-3-2-4-6-15/h2-10H,11-13H2,1H3,(H,22,23,26). The first-order chi connectivity index (χ1) is 14.1. The molecular formula is C21H19N3O4S. The van der Waals surface area contributed by atoms with Crippen molar-refractivity contribution in [2.45, 2.75) is 13.0 Å². The molecule has 8 heteroatoms. The third kappa shape index (κ3) is 4.38. The van der Waals surface area contributed by atoms with Crippen molar-refractivity contribution < 1.29 is 19.1 Å². The Hall–Kier alpha value is -3.39. The van der Waals surface area contributed by atoms with Gasteiger partial charge in [0.05, 0.1) is 19.3 Å². The lowest BCUT2D eigenvalue weighted by atomic mass is 10.1. The Bertz CT molecular complexity index is 1020. The fraction of sp³-hybridized carbons (Fsp3) is 0.190. The van der Waals surface area contributed by atoms with Gasteiger partial charge in [-0.2, -0.15) is 0 Å². The van der Waals surface area contributed by atoms with Gasteiger partial charge in [-0.15, -0.1) is 0 Å². The van der Waals surface area contributed by atoms with Gasteiger partial charge in [-0.05, 0) is 36.4 Å². The molecule has 0 bridgehead atoms. The van der Waals surface area contributed by atoms with Gasteiger partial charge in [0, 0.05) is 23.4 Å². The second-order valence-corrected chi connectivity index (χ2v) is 7.51. The predicted octanol–water partition coefficient (Wildman–Crippen LogP) is 4.31. The summed E-state index contributed by atoms with van der Waals surface area (Å²) in [6.07, 6.45) is 0.0946. The highest BCUT2D eigenvalue weighted by Gasteiger charge is 2.25. The van der Waals surface area contributed by atoms with Crippen LogP contribution in [0.2, 0.25) is 0 Å². The van der Waals surface area contributed by atoms with Gasteiger partial charge >= 0.3 is 6.09 Å². The van der Waals surface area contributed by atoms with Gasteiger partial charge in [0.25, 0.3) is 5.91 Å². The third-order valence-electron chi connectivity index (χ3n) is 4.49. The van der Waals surface area contributed by atoms with Crippen LogP contribution in [0.4, 0.5) is 9.93 Å². The van der Waals surface area contributed by atoms with E-state index in [2.05, 4.69) is 15.0 Å². The SMILES string of the molecule is COC(=O)Nc1nc2c(s1)CN(C(=O)c1ccc(Oc3ccccc3)cc1)CC2. The fourth-order valence-corrected chi connectivity index (χ4v) is 4.04. The molecule has 0 radical (unpaired) electrons. The summed E-state index contributed by atoms with van der Waals surface area (Å²) < 4.78 is 10.4. The zero-order valence-electron chi connectivity index (χ0n) is 15.8. The number of para-hydroxylation sites is 1. The summed E-state index contributed by atoms with van der Waals surface area (Å²) in [4.78, 5) is 31.4. The number of carbonyl (C=O) groups is 2. The van der Waals surface area contributed by atoms with Gasteiger partial charge in [-0.25, -0.2) is 9.78 Å². The molecule has 1 aromatic heterocycles. The summed E-state index contributed by atoms with van der Waals surface area (Å²) in [6, 6.07) is 16.6. The van der Waals surface area contributed by atoms with Crippen LogP contribution in [-0.2, 0) is 17.7 Å². The molecule has 2 aromatic carbocycles. The number of ether oxygens (including phenoxy) is 2. The Balaban J connectivity index is 1.42. The van der Waals surface area contributed by atoms with E-state index in [1.165, 1.54) is 18.4 Å². The normalized spacial score (nSPS) is 12.8. The zero-order valence-corrected chi connectivity index (χ0v) is 16.6. The molecule has 1 aliphatic rings. The van der Waals surface area contributed by atoms with Crippen LogP contribution in [0.1, 0.15) is 20.9 Å². The topological polar surface area (TPSA) is 80.8 Å². The number of anilines is 1. The van der Waals surface area contributed by atoms with E-state index in [4.69, 9.17) is 4.74 Å². The minimum absolute atomic E-state index is 0.0437. The van der Waals surface area contributed by atoms with Crippen molar-refractivity contribution in [3.8, 4) is 11.5 Å². The Kier molecular flexibility index (Phi) is 5.44. The minimum atomic E-state index is -0.554. The van der Waals surface area contributed by atoms with Crippen molar-refractivity contribution in [3.05, 3.63) is 70.7 Å². The van der Waals surface area contributed by atoms with Crippen molar-refractivity contribution in [1.82, 2.24) is 9.88 Å². The minimum Gasteiger partial charge on any atom is -0.457 e. The van der Waals surface area contributed by atoms with Crippen molar-refractivity contribution in [2.75, 3.05) is 19.0 Å². The molecule has 148 valence electrons. The second kappa shape index (κ2) is 8.32. The van der Waals surface area contributed by atoms with E-state index in [1.54, 1.807) is 29.2 Å². The maximum atomic E-state index is 12.9. The molecule has 0 fully saturated rings. The molecule has 1 N–H and O–H groups in total. The molecule has 0 atom stereocenters. The maximum Gasteiger partial charge on any atom is 0.413 e. The Labute approximate surface area is 171 Å². The number of nitrogens with one attached hydrogen (secondary N) is 1. The Morgan fingerprint density at radius 2 is 1.79 bits per heavy atom. The number of amides is 2. The van der Waals surface area contributed by atoms with E-state index in [9.17, 15) is 9.59 Å². The monoisotopic (exact) mass is 409 g/mol. The number of fused-ring (bicyclic) bond motifs is 1. The number of hydrogen-bond donors (Lipinski definition) is 1. The largest absolute Gasteiger partial charge is 0.457 e. The average molecular weight is 409 g/mol. The lowest BCUT2D eigenvalue weighted by Gasteiger charge is -2.26. The fourth-order valence-electron chi connectivity index (χ4n) is 3.03. The van der Waals surface area contributed by atoms with Crippen molar-refractivity contribution in [1.29, 1.82) is 0 Å². The third-order valence-corrected chi connectivity index (χ3v) is 5.49. The molecule has 0 saturated carbocycles. The highest BCUT2D eigenvalue weighted by molar-refractivity contribution is 7.15. The summed E-state index contributed by atoms with van der Waals surface area (Å²) in [5.41, 5.74) is 1.52. The van der Waals surface area contributed by atoms with Crippen LogP contribution in [0.3, 0.4) is 0 Å². The number of thiazole rings is 1. The highest BCUT2D eigenvalue weighted by atomic mass is 32.1. The van der Waals surface area contributed by atoms with E-state index in [0.717, 1.165) is 16.3 Å². The van der Waals surface area contributed by atoms with E-state index < -0.39 is 6.09 Å². The summed E-state index contributed by atoms with van der Waals surface area (Å²) in [5, 5.41) is 3.06. The van der Waals surface area contributed by atoms with Crippen LogP contribution in [0.15, 0.2) is 54.6 Å². The van der Waals surface area contributed by atoms with Crippen molar-refractivity contribution in [3.63, 3.8) is 0 Å². The summed E-state index contributed by atoms with van der Waals surface area (Å²) >= 11 is 1.36. The summed E-state index contributed by atoms with van der Waals surface area (Å²) in [6.45, 7) is 1.05. The van der Waals surface area contributed by atoms with Crippen LogP contribution in [-0.4, -0.2) is 35.5 Å². The van der Waals surface area contributed by atoms with Gasteiger partial charge < -0.3 is 14.4 Å².